The van der Waals surface area contributed by atoms with Gasteiger partial charge in [0.05, 0.1) is 12.9 Å². The van der Waals surface area contributed by atoms with E-state index in [-0.39, 0.29) is 29.0 Å². The summed E-state index contributed by atoms with van der Waals surface area (Å²) in [6.07, 6.45) is -6.17. The summed E-state index contributed by atoms with van der Waals surface area (Å²) in [7, 11) is -16.0. The first-order chi connectivity index (χ1) is 23.4. The number of hydrogen-bond acceptors (Lipinski definition) is 20. The number of carbonyl (C=O) groups excluding carboxylic acids is 1. The molecule has 3 aliphatic rings. The monoisotopic (exact) mass is 777 g/mol. The number of aliphatic hydroxyl groups excluding tert-OH is 4. The van der Waals surface area contributed by atoms with Gasteiger partial charge in [-0.25, -0.2) is 39.0 Å². The van der Waals surface area contributed by atoms with Gasteiger partial charge in [-0.1, -0.05) is 6.08 Å². The van der Waals surface area contributed by atoms with E-state index in [0.717, 1.165) is 17.4 Å². The van der Waals surface area contributed by atoms with Gasteiger partial charge in [0, 0.05) is 18.0 Å². The Balaban J connectivity index is 1.10. The molecule has 11 N–H and O–H groups in total. The van der Waals surface area contributed by atoms with Crippen LogP contribution in [0.15, 0.2) is 36.7 Å². The Bertz CT molecular complexity index is 1770. The van der Waals surface area contributed by atoms with Gasteiger partial charge in [-0.3, -0.25) is 13.9 Å². The van der Waals surface area contributed by atoms with Crippen LogP contribution in [0.2, 0.25) is 0 Å². The molecule has 0 saturated carbocycles. The molecule has 1 amide bonds. The minimum atomic E-state index is -5.55. The number of nitrogens with zero attached hydrogens (tertiary/aromatic N) is 5. The highest BCUT2D eigenvalue weighted by molar-refractivity contribution is 7.61. The number of imidazole rings is 1. The molecule has 2 saturated heterocycles. The molecule has 0 bridgehead atoms. The van der Waals surface area contributed by atoms with Crippen molar-refractivity contribution in [2.24, 2.45) is 0 Å². The van der Waals surface area contributed by atoms with Crippen molar-refractivity contribution in [1.29, 1.82) is 0 Å². The zero-order valence-electron chi connectivity index (χ0n) is 24.9. The second-order valence-electron chi connectivity index (χ2n) is 10.6. The average Bonchev–Trinajstić information content (AvgIpc) is 3.68. The topological polar surface area (TPSA) is 380 Å². The summed E-state index contributed by atoms with van der Waals surface area (Å²) in [4.78, 5) is 67.0. The Hall–Kier alpha value is -2.81. The minimum absolute atomic E-state index is 0.0196. The van der Waals surface area contributed by atoms with Crippen molar-refractivity contribution >= 4 is 46.4 Å². The Labute approximate surface area is 278 Å². The Morgan fingerprint density at radius 2 is 1.60 bits per heavy atom. The van der Waals surface area contributed by atoms with E-state index >= 15 is 0 Å². The number of nitrogen functional groups attached to an aromatic ring is 1. The van der Waals surface area contributed by atoms with Crippen LogP contribution in [0, 0.1) is 0 Å². The summed E-state index contributed by atoms with van der Waals surface area (Å²) < 4.78 is 64.7. The van der Waals surface area contributed by atoms with Gasteiger partial charge in [0.1, 0.15) is 55.1 Å². The number of nitrogens with one attached hydrogen (secondary N) is 1. The molecule has 0 aliphatic carbocycles. The van der Waals surface area contributed by atoms with Crippen LogP contribution in [0.1, 0.15) is 12.6 Å². The maximum Gasteiger partial charge on any atom is 0.508 e. The molecule has 0 aromatic carbocycles. The first-order valence-corrected chi connectivity index (χ1v) is 18.4. The number of carbonyl (C=O) groups is 1. The lowest BCUT2D eigenvalue weighted by Crippen LogP contribution is -2.40. The Kier molecular flexibility index (Phi) is 11.6. The number of aromatic nitrogens is 4. The van der Waals surface area contributed by atoms with Gasteiger partial charge in [0.15, 0.2) is 23.9 Å². The van der Waals surface area contributed by atoms with E-state index in [1.807, 2.05) is 0 Å². The molecule has 3 aliphatic heterocycles. The van der Waals surface area contributed by atoms with E-state index in [2.05, 4.69) is 38.0 Å². The van der Waals surface area contributed by atoms with Gasteiger partial charge in [-0.2, -0.15) is 8.94 Å². The Morgan fingerprint density at radius 3 is 2.30 bits per heavy atom. The minimum Gasteiger partial charge on any atom is -0.387 e. The van der Waals surface area contributed by atoms with Crippen molar-refractivity contribution < 1.29 is 91.0 Å². The highest BCUT2D eigenvalue weighted by Crippen LogP contribution is 2.60. The highest BCUT2D eigenvalue weighted by atomic mass is 31.3. The highest BCUT2D eigenvalue weighted by Gasteiger charge is 2.48. The number of ether oxygens (including phenoxy) is 2. The average molecular weight is 777 g/mol. The number of fused-ring (bicyclic) bond motifs is 1. The number of hydroxylamine groups is 1. The van der Waals surface area contributed by atoms with Crippen LogP contribution in [-0.4, -0.2) is 126 Å². The van der Waals surface area contributed by atoms with Gasteiger partial charge < -0.3 is 60.1 Å². The van der Waals surface area contributed by atoms with E-state index in [0.29, 0.717) is 0 Å². The number of phosphoric ester groups is 1. The molecule has 278 valence electrons. The lowest BCUT2D eigenvalue weighted by Gasteiger charge is -2.28. The predicted molar refractivity (Wildman–Crippen MR) is 155 cm³/mol. The molecule has 4 unspecified atom stereocenters. The fraction of sp³-hybridized carbons (Fsp3) is 0.524. The van der Waals surface area contributed by atoms with E-state index in [1.54, 1.807) is 5.48 Å². The summed E-state index contributed by atoms with van der Waals surface area (Å²) in [5, 5.41) is 41.8. The van der Waals surface area contributed by atoms with Crippen molar-refractivity contribution in [3.63, 3.8) is 0 Å². The summed E-state index contributed by atoms with van der Waals surface area (Å²) in [6.45, 7) is -1.82. The third-order valence-electron chi connectivity index (χ3n) is 7.09. The van der Waals surface area contributed by atoms with E-state index in [9.17, 15) is 48.7 Å². The van der Waals surface area contributed by atoms with Gasteiger partial charge in [0.25, 0.3) is 5.91 Å². The fourth-order valence-corrected chi connectivity index (χ4v) is 6.89. The van der Waals surface area contributed by atoms with Crippen molar-refractivity contribution in [1.82, 2.24) is 29.9 Å². The van der Waals surface area contributed by atoms with E-state index in [4.69, 9.17) is 25.0 Å². The van der Waals surface area contributed by atoms with Crippen LogP contribution in [0.25, 0.3) is 11.2 Å². The number of phosphoric acid groups is 3. The molecule has 2 fully saturated rings. The molecule has 10 atom stereocenters. The lowest BCUT2D eigenvalue weighted by molar-refractivity contribution is -0.245. The maximum absolute atomic E-state index is 12.4. The number of nitrogens with two attached hydrogens (primary N) is 1. The van der Waals surface area contributed by atoms with Gasteiger partial charge >= 0.3 is 23.5 Å². The summed E-state index contributed by atoms with van der Waals surface area (Å²) in [6, 6.07) is 0. The molecule has 29 heteroatoms. The van der Waals surface area contributed by atoms with Crippen LogP contribution < -0.4 is 11.2 Å². The predicted octanol–water partition coefficient (Wildman–Crippen LogP) is -3.10. The molecule has 50 heavy (non-hydrogen) atoms. The normalized spacial score (nSPS) is 31.0. The number of rotatable bonds is 14. The molecule has 26 nitrogen and oxygen atoms in total. The van der Waals surface area contributed by atoms with Crippen molar-refractivity contribution in [2.75, 3.05) is 18.9 Å². The zero-order valence-corrected chi connectivity index (χ0v) is 27.5. The first kappa shape index (κ1) is 38.4. The molecule has 2 aromatic heterocycles. The first-order valence-electron chi connectivity index (χ1n) is 13.8. The summed E-state index contributed by atoms with van der Waals surface area (Å²) >= 11 is 0. The zero-order chi connectivity index (χ0) is 36.6. The third-order valence-corrected chi connectivity index (χ3v) is 9.84. The van der Waals surface area contributed by atoms with Crippen LogP contribution >= 0.6 is 23.5 Å². The SMILES string of the molecule is Nc1ncnc2c1ncn2[C@@H]1O[C@H](COP(=O)(O)OP(=O)(O)OOC[C@H]2O[C@@H](N3C=CCC(C(=O)NOP(=O)(O)O)=C3)C(O)[C@H]2O)[C@H](O)C1O. The van der Waals surface area contributed by atoms with Crippen molar-refractivity contribution in [2.45, 2.75) is 55.5 Å². The van der Waals surface area contributed by atoms with Gasteiger partial charge in [-0.15, -0.1) is 4.67 Å². The second-order valence-corrected chi connectivity index (χ2v) is 14.7. The van der Waals surface area contributed by atoms with Crippen molar-refractivity contribution in [3.8, 4) is 0 Å². The number of aliphatic hydroxyl groups is 4. The smallest absolute Gasteiger partial charge is 0.387 e. The molecule has 5 heterocycles. The lowest BCUT2D eigenvalue weighted by atomic mass is 10.1. The summed E-state index contributed by atoms with van der Waals surface area (Å²) in [5.41, 5.74) is 7.51. The maximum atomic E-state index is 12.4. The molecule has 0 radical (unpaired) electrons. The third kappa shape index (κ3) is 8.97. The van der Waals surface area contributed by atoms with E-state index < -0.39 is 91.7 Å². The number of allylic oxidation sites excluding steroid dienone is 1. The van der Waals surface area contributed by atoms with Crippen LogP contribution in [-0.2, 0) is 51.0 Å². The summed E-state index contributed by atoms with van der Waals surface area (Å²) in [5.74, 6) is -1.01. The molecule has 5 rings (SSSR count). The van der Waals surface area contributed by atoms with Gasteiger partial charge in [0.2, 0.25) is 0 Å². The van der Waals surface area contributed by atoms with Crippen molar-refractivity contribution in [3.05, 3.63) is 36.7 Å². The van der Waals surface area contributed by atoms with Gasteiger partial charge in [-0.05, 0) is 6.42 Å². The fourth-order valence-electron chi connectivity index (χ4n) is 4.82. The van der Waals surface area contributed by atoms with Crippen LogP contribution in [0.4, 0.5) is 5.82 Å². The molecule has 2 aromatic rings. The quantitative estimate of drug-likeness (QED) is 0.0516. The Morgan fingerprint density at radius 1 is 0.940 bits per heavy atom. The second kappa shape index (κ2) is 15.0. The number of anilines is 1. The largest absolute Gasteiger partial charge is 0.508 e. The standard InChI is InChI=1S/C21H30N7O19P3/c22-17-12-18(24-7-23-17)28(8-25-12)21-16(32)14(30)11(44-21)6-42-49(37,38)47-50(39,40)46-41-5-10-13(29)15(31)20(43-10)27-3-1-2-9(4-27)19(33)26-45-48(34,35)36/h1,3-4,7-8,10-11,13-16,20-21,29-32H,2,5-6H2,(H,26,33)(H,37,38)(H,39,40)(H2,22,23,24)(H2,34,35,36)/t10-,11-,13+,14+,15?,16?,20-,21-/m1/s1. The molecule has 0 spiro atoms. The number of amides is 1. The van der Waals surface area contributed by atoms with Crippen LogP contribution in [0.3, 0.4) is 0 Å². The van der Waals surface area contributed by atoms with E-state index in [1.165, 1.54) is 23.2 Å². The molecular weight excluding hydrogens is 747 g/mol. The number of hydrogen-bond donors (Lipinski definition) is 10. The van der Waals surface area contributed by atoms with Crippen LogP contribution in [0.5, 0.6) is 0 Å². The molecular formula is C21H30N7O19P3.